The van der Waals surface area contributed by atoms with Crippen LogP contribution in [0.5, 0.6) is 11.5 Å². The molecule has 3 rings (SSSR count). The van der Waals surface area contributed by atoms with Gasteiger partial charge in [-0.3, -0.25) is 14.3 Å². The first-order chi connectivity index (χ1) is 12.4. The highest BCUT2D eigenvalue weighted by Crippen LogP contribution is 2.32. The molecule has 0 radical (unpaired) electrons. The monoisotopic (exact) mass is 360 g/mol. The standard InChI is InChI=1S/C18H20N2O6/c1-10-8-20(18(23)19-16(10)22)17-15(21)11(2)14(26-17)9-25-13-6-4-12(24-3)5-7-13/h4-8,14-15,17,21H,2,9H2,1,3H3,(H,19,22,23). The largest absolute Gasteiger partial charge is 0.497 e. The van der Waals surface area contributed by atoms with Crippen LogP contribution in [-0.2, 0) is 4.74 Å². The van der Waals surface area contributed by atoms with Crippen molar-refractivity contribution in [3.8, 4) is 11.5 Å². The van der Waals surface area contributed by atoms with Gasteiger partial charge in [0.1, 0.15) is 30.3 Å². The maximum Gasteiger partial charge on any atom is 0.330 e. The Labute approximate surface area is 149 Å². The smallest absolute Gasteiger partial charge is 0.330 e. The third kappa shape index (κ3) is 3.42. The number of hydrogen-bond acceptors (Lipinski definition) is 6. The number of aromatic nitrogens is 2. The van der Waals surface area contributed by atoms with E-state index in [0.29, 0.717) is 22.6 Å². The number of aliphatic hydroxyl groups is 1. The highest BCUT2D eigenvalue weighted by molar-refractivity contribution is 5.31. The molecule has 0 aliphatic carbocycles. The Hall–Kier alpha value is -2.84. The molecule has 1 saturated heterocycles. The highest BCUT2D eigenvalue weighted by Gasteiger charge is 2.39. The minimum Gasteiger partial charge on any atom is -0.497 e. The summed E-state index contributed by atoms with van der Waals surface area (Å²) in [7, 11) is 1.58. The SMILES string of the molecule is C=C1C(COc2ccc(OC)cc2)OC(n2cc(C)c(=O)[nH]c2=O)C1O. The van der Waals surface area contributed by atoms with Crippen molar-refractivity contribution < 1.29 is 19.3 Å². The number of methoxy groups -OCH3 is 1. The molecule has 0 bridgehead atoms. The summed E-state index contributed by atoms with van der Waals surface area (Å²) in [4.78, 5) is 25.7. The molecule has 1 aromatic carbocycles. The summed E-state index contributed by atoms with van der Waals surface area (Å²) in [6.07, 6.45) is -1.32. The summed E-state index contributed by atoms with van der Waals surface area (Å²) >= 11 is 0. The summed E-state index contributed by atoms with van der Waals surface area (Å²) in [5, 5.41) is 10.4. The van der Waals surface area contributed by atoms with E-state index in [-0.39, 0.29) is 6.61 Å². The molecule has 0 spiro atoms. The lowest BCUT2D eigenvalue weighted by atomic mass is 10.1. The number of ether oxygens (including phenoxy) is 3. The zero-order valence-corrected chi connectivity index (χ0v) is 14.5. The first-order valence-corrected chi connectivity index (χ1v) is 8.02. The van der Waals surface area contributed by atoms with Crippen LogP contribution in [0.1, 0.15) is 11.8 Å². The topological polar surface area (TPSA) is 103 Å². The number of nitrogens with zero attached hydrogens (tertiary/aromatic N) is 1. The van der Waals surface area contributed by atoms with Crippen molar-refractivity contribution in [2.45, 2.75) is 25.4 Å². The number of nitrogens with one attached hydrogen (secondary N) is 1. The van der Waals surface area contributed by atoms with Crippen molar-refractivity contribution in [2.75, 3.05) is 13.7 Å². The third-order valence-electron chi connectivity index (χ3n) is 4.25. The molecular formula is C18H20N2O6. The molecule has 1 aliphatic heterocycles. The van der Waals surface area contributed by atoms with E-state index < -0.39 is 29.7 Å². The highest BCUT2D eigenvalue weighted by atomic mass is 16.6. The molecule has 1 aliphatic rings. The van der Waals surface area contributed by atoms with Crippen molar-refractivity contribution in [1.82, 2.24) is 9.55 Å². The second kappa shape index (κ2) is 7.19. The van der Waals surface area contributed by atoms with E-state index in [1.54, 1.807) is 38.3 Å². The maximum absolute atomic E-state index is 12.0. The summed E-state index contributed by atoms with van der Waals surface area (Å²) in [6, 6.07) is 7.03. The minimum atomic E-state index is -1.09. The summed E-state index contributed by atoms with van der Waals surface area (Å²) in [6.45, 7) is 5.52. The Balaban J connectivity index is 1.73. The van der Waals surface area contributed by atoms with Crippen molar-refractivity contribution in [2.24, 2.45) is 0 Å². The fraction of sp³-hybridized carbons (Fsp3) is 0.333. The van der Waals surface area contributed by atoms with Crippen LogP contribution in [0.25, 0.3) is 0 Å². The van der Waals surface area contributed by atoms with Crippen molar-refractivity contribution in [3.63, 3.8) is 0 Å². The molecule has 2 N–H and O–H groups in total. The minimum absolute atomic E-state index is 0.121. The van der Waals surface area contributed by atoms with E-state index in [1.165, 1.54) is 6.20 Å². The van der Waals surface area contributed by atoms with Crippen molar-refractivity contribution in [1.29, 1.82) is 0 Å². The van der Waals surface area contributed by atoms with Crippen LogP contribution in [0.15, 0.2) is 52.2 Å². The van der Waals surface area contributed by atoms with Crippen molar-refractivity contribution >= 4 is 0 Å². The Kier molecular flexibility index (Phi) is 4.97. The Morgan fingerprint density at radius 3 is 2.58 bits per heavy atom. The van der Waals surface area contributed by atoms with Crippen LogP contribution in [-0.4, -0.2) is 40.6 Å². The van der Waals surface area contributed by atoms with Gasteiger partial charge in [0, 0.05) is 11.8 Å². The van der Waals surface area contributed by atoms with Gasteiger partial charge in [-0.1, -0.05) is 6.58 Å². The lowest BCUT2D eigenvalue weighted by Crippen LogP contribution is -2.36. The van der Waals surface area contributed by atoms with Gasteiger partial charge in [-0.25, -0.2) is 4.79 Å². The van der Waals surface area contributed by atoms with Crippen LogP contribution in [0.2, 0.25) is 0 Å². The maximum atomic E-state index is 12.0. The summed E-state index contributed by atoms with van der Waals surface area (Å²) in [5.74, 6) is 1.32. The van der Waals surface area contributed by atoms with Gasteiger partial charge in [-0.05, 0) is 36.8 Å². The lowest BCUT2D eigenvalue weighted by Gasteiger charge is -2.17. The quantitative estimate of drug-likeness (QED) is 0.763. The average molecular weight is 360 g/mol. The molecule has 8 nitrogen and oxygen atoms in total. The van der Waals surface area contributed by atoms with Crippen LogP contribution in [0, 0.1) is 6.92 Å². The van der Waals surface area contributed by atoms with E-state index in [0.717, 1.165) is 4.57 Å². The molecule has 3 unspecified atom stereocenters. The Morgan fingerprint density at radius 2 is 1.92 bits per heavy atom. The molecule has 3 atom stereocenters. The third-order valence-corrected chi connectivity index (χ3v) is 4.25. The number of rotatable bonds is 5. The normalized spacial score (nSPS) is 22.4. The number of H-pyrrole nitrogens is 1. The summed E-state index contributed by atoms with van der Waals surface area (Å²) in [5.41, 5.74) is -0.394. The molecule has 1 aromatic heterocycles. The zero-order chi connectivity index (χ0) is 18.8. The molecule has 1 fully saturated rings. The molecule has 26 heavy (non-hydrogen) atoms. The van der Waals surface area contributed by atoms with Gasteiger partial charge in [0.2, 0.25) is 0 Å². The number of aliphatic hydroxyl groups excluding tert-OH is 1. The number of hydrogen-bond donors (Lipinski definition) is 2. The van der Waals surface area contributed by atoms with E-state index in [2.05, 4.69) is 11.6 Å². The number of aromatic amines is 1. The number of aryl methyl sites for hydroxylation is 1. The van der Waals surface area contributed by atoms with Crippen LogP contribution in [0.3, 0.4) is 0 Å². The Morgan fingerprint density at radius 1 is 1.27 bits per heavy atom. The van der Waals surface area contributed by atoms with Crippen molar-refractivity contribution in [3.05, 3.63) is 69.0 Å². The molecule has 2 heterocycles. The molecule has 2 aromatic rings. The first kappa shape index (κ1) is 18.0. The average Bonchev–Trinajstić information content (AvgIpc) is 2.91. The van der Waals surface area contributed by atoms with Crippen LogP contribution < -0.4 is 20.7 Å². The van der Waals surface area contributed by atoms with E-state index in [4.69, 9.17) is 14.2 Å². The molecular weight excluding hydrogens is 340 g/mol. The van der Waals surface area contributed by atoms with Gasteiger partial charge in [0.15, 0.2) is 6.23 Å². The fourth-order valence-corrected chi connectivity index (χ4v) is 2.69. The van der Waals surface area contributed by atoms with Crippen LogP contribution >= 0.6 is 0 Å². The van der Waals surface area contributed by atoms with E-state index >= 15 is 0 Å². The summed E-state index contributed by atoms with van der Waals surface area (Å²) < 4.78 is 17.7. The molecule has 138 valence electrons. The van der Waals surface area contributed by atoms with Gasteiger partial charge in [-0.2, -0.15) is 0 Å². The molecule has 0 amide bonds. The Bertz CT molecular complexity index is 915. The van der Waals surface area contributed by atoms with Gasteiger partial charge in [-0.15, -0.1) is 0 Å². The second-order valence-electron chi connectivity index (χ2n) is 6.00. The van der Waals surface area contributed by atoms with Gasteiger partial charge in [0.05, 0.1) is 7.11 Å². The first-order valence-electron chi connectivity index (χ1n) is 8.02. The van der Waals surface area contributed by atoms with E-state index in [9.17, 15) is 14.7 Å². The van der Waals surface area contributed by atoms with Crippen LogP contribution in [0.4, 0.5) is 0 Å². The lowest BCUT2D eigenvalue weighted by molar-refractivity contribution is -0.0501. The second-order valence-corrected chi connectivity index (χ2v) is 6.00. The number of benzene rings is 1. The van der Waals surface area contributed by atoms with E-state index in [1.807, 2.05) is 0 Å². The predicted octanol–water partition coefficient (Wildman–Crippen LogP) is 0.747. The van der Waals surface area contributed by atoms with Gasteiger partial charge < -0.3 is 19.3 Å². The molecule has 8 heteroatoms. The van der Waals surface area contributed by atoms with Gasteiger partial charge >= 0.3 is 5.69 Å². The zero-order valence-electron chi connectivity index (χ0n) is 14.5. The predicted molar refractivity (Wildman–Crippen MR) is 93.6 cm³/mol. The molecule has 0 saturated carbocycles. The fourth-order valence-electron chi connectivity index (χ4n) is 2.69. The van der Waals surface area contributed by atoms with Gasteiger partial charge in [0.25, 0.3) is 5.56 Å².